The molecule has 2 amide bonds. The lowest BCUT2D eigenvalue weighted by Gasteiger charge is -2.14. The number of benzene rings is 2. The van der Waals surface area contributed by atoms with Crippen molar-refractivity contribution < 1.29 is 18.0 Å². The quantitative estimate of drug-likeness (QED) is 0.547. The first-order valence-electron chi connectivity index (χ1n) is 8.43. The van der Waals surface area contributed by atoms with Crippen LogP contribution in [0.4, 0.5) is 29.3 Å². The smallest absolute Gasteiger partial charge is 0.309 e. The van der Waals surface area contributed by atoms with Gasteiger partial charge in [0.25, 0.3) is 5.56 Å². The van der Waals surface area contributed by atoms with Crippen LogP contribution in [0.5, 0.6) is 0 Å². The molecule has 0 saturated heterocycles. The van der Waals surface area contributed by atoms with Crippen molar-refractivity contribution in [2.75, 3.05) is 10.6 Å². The van der Waals surface area contributed by atoms with E-state index in [4.69, 9.17) is 0 Å². The third-order valence-corrected chi connectivity index (χ3v) is 4.82. The van der Waals surface area contributed by atoms with Crippen LogP contribution in [0.3, 0.4) is 0 Å². The van der Waals surface area contributed by atoms with Crippen molar-refractivity contribution >= 4 is 33.3 Å². The monoisotopic (exact) mass is 465 g/mol. The summed E-state index contributed by atoms with van der Waals surface area (Å²) in [5.74, 6) is 0. The summed E-state index contributed by atoms with van der Waals surface area (Å²) in [5.41, 5.74) is -1.06. The van der Waals surface area contributed by atoms with E-state index >= 15 is 0 Å². The Labute approximate surface area is 172 Å². The van der Waals surface area contributed by atoms with E-state index in [9.17, 15) is 22.8 Å². The Morgan fingerprint density at radius 3 is 2.28 bits per heavy atom. The third kappa shape index (κ3) is 5.05. The van der Waals surface area contributed by atoms with Crippen LogP contribution in [0, 0.1) is 0 Å². The fourth-order valence-corrected chi connectivity index (χ4v) is 3.09. The predicted molar refractivity (Wildman–Crippen MR) is 108 cm³/mol. The van der Waals surface area contributed by atoms with Crippen LogP contribution < -0.4 is 16.2 Å². The van der Waals surface area contributed by atoms with E-state index in [0.717, 1.165) is 22.2 Å². The molecule has 5 nitrogen and oxygen atoms in total. The van der Waals surface area contributed by atoms with Crippen LogP contribution in [0.1, 0.15) is 11.1 Å². The highest BCUT2D eigenvalue weighted by atomic mass is 79.9. The summed E-state index contributed by atoms with van der Waals surface area (Å²) in [6.07, 6.45) is -3.06. The van der Waals surface area contributed by atoms with Gasteiger partial charge in [0.2, 0.25) is 0 Å². The number of halogens is 4. The van der Waals surface area contributed by atoms with Gasteiger partial charge in [-0.1, -0.05) is 46.3 Å². The van der Waals surface area contributed by atoms with Crippen molar-refractivity contribution in [2.24, 2.45) is 0 Å². The maximum absolute atomic E-state index is 13.1. The van der Waals surface area contributed by atoms with E-state index in [1.54, 1.807) is 12.3 Å². The first-order valence-corrected chi connectivity index (χ1v) is 9.22. The number of para-hydroxylation sites is 1. The minimum absolute atomic E-state index is 0.0541. The predicted octanol–water partition coefficient (Wildman–Crippen LogP) is 5.32. The molecular weight excluding hydrogens is 451 g/mol. The Balaban J connectivity index is 1.79. The molecule has 0 atom stereocenters. The number of aromatic nitrogens is 1. The number of rotatable bonds is 4. The van der Waals surface area contributed by atoms with Crippen LogP contribution in [0.2, 0.25) is 0 Å². The molecule has 0 bridgehead atoms. The summed E-state index contributed by atoms with van der Waals surface area (Å²) in [5, 5.41) is 4.46. The molecule has 0 unspecified atom stereocenters. The molecule has 0 fully saturated rings. The van der Waals surface area contributed by atoms with Gasteiger partial charge in [0.15, 0.2) is 0 Å². The zero-order valence-corrected chi connectivity index (χ0v) is 16.4. The van der Waals surface area contributed by atoms with Crippen molar-refractivity contribution in [1.29, 1.82) is 0 Å². The molecule has 3 rings (SSSR count). The molecule has 0 aliphatic heterocycles. The lowest BCUT2D eigenvalue weighted by Crippen LogP contribution is -2.28. The van der Waals surface area contributed by atoms with Gasteiger partial charge in [-0.25, -0.2) is 4.79 Å². The molecule has 150 valence electrons. The number of hydrogen-bond acceptors (Lipinski definition) is 2. The molecule has 2 aromatic carbocycles. The number of pyridine rings is 1. The summed E-state index contributed by atoms with van der Waals surface area (Å²) in [4.78, 5) is 24.8. The third-order valence-electron chi connectivity index (χ3n) is 4.05. The molecule has 0 aliphatic rings. The minimum atomic E-state index is -4.62. The SMILES string of the molecule is O=C(Nc1ccccc1C(F)(F)F)Nc1cccn(Cc2ccccc2Br)c1=O. The average Bonchev–Trinajstić information content (AvgIpc) is 2.66. The van der Waals surface area contributed by atoms with Crippen LogP contribution >= 0.6 is 15.9 Å². The summed E-state index contributed by atoms with van der Waals surface area (Å²) in [6, 6.07) is 14.0. The van der Waals surface area contributed by atoms with Crippen LogP contribution in [0.15, 0.2) is 76.1 Å². The van der Waals surface area contributed by atoms with E-state index in [-0.39, 0.29) is 12.2 Å². The number of carbonyl (C=O) groups is 1. The van der Waals surface area contributed by atoms with Gasteiger partial charge in [-0.2, -0.15) is 13.2 Å². The Bertz CT molecular complexity index is 1100. The van der Waals surface area contributed by atoms with Gasteiger partial charge in [0.1, 0.15) is 5.69 Å². The molecular formula is C20H15BrF3N3O2. The first-order chi connectivity index (χ1) is 13.8. The van der Waals surface area contributed by atoms with Gasteiger partial charge < -0.3 is 15.2 Å². The van der Waals surface area contributed by atoms with Gasteiger partial charge in [0, 0.05) is 10.7 Å². The molecule has 1 heterocycles. The summed E-state index contributed by atoms with van der Waals surface area (Å²) in [6.45, 7) is 0.258. The zero-order valence-electron chi connectivity index (χ0n) is 14.8. The Morgan fingerprint density at radius 2 is 1.55 bits per heavy atom. The topological polar surface area (TPSA) is 63.1 Å². The van der Waals surface area contributed by atoms with Crippen LogP contribution in [-0.2, 0) is 12.7 Å². The molecule has 0 radical (unpaired) electrons. The summed E-state index contributed by atoms with van der Waals surface area (Å²) in [7, 11) is 0. The molecule has 0 aliphatic carbocycles. The molecule has 3 aromatic rings. The fraction of sp³-hybridized carbons (Fsp3) is 0.100. The van der Waals surface area contributed by atoms with Gasteiger partial charge >= 0.3 is 12.2 Å². The Hall–Kier alpha value is -3.07. The van der Waals surface area contributed by atoms with E-state index < -0.39 is 29.0 Å². The average molecular weight is 466 g/mol. The highest BCUT2D eigenvalue weighted by Gasteiger charge is 2.33. The van der Waals surface area contributed by atoms with E-state index in [0.29, 0.717) is 0 Å². The number of alkyl halides is 3. The second-order valence-electron chi connectivity index (χ2n) is 6.07. The maximum atomic E-state index is 13.1. The minimum Gasteiger partial charge on any atom is -0.309 e. The van der Waals surface area contributed by atoms with Crippen LogP contribution in [0.25, 0.3) is 0 Å². The lowest BCUT2D eigenvalue weighted by atomic mass is 10.1. The van der Waals surface area contributed by atoms with Crippen LogP contribution in [-0.4, -0.2) is 10.6 Å². The Kier molecular flexibility index (Phi) is 6.07. The zero-order chi connectivity index (χ0) is 21.0. The van der Waals surface area contributed by atoms with Crippen molar-refractivity contribution in [3.8, 4) is 0 Å². The number of nitrogens with one attached hydrogen (secondary N) is 2. The van der Waals surface area contributed by atoms with E-state index in [1.165, 1.54) is 22.8 Å². The highest BCUT2D eigenvalue weighted by molar-refractivity contribution is 9.10. The van der Waals surface area contributed by atoms with Crippen molar-refractivity contribution in [1.82, 2.24) is 4.57 Å². The maximum Gasteiger partial charge on any atom is 0.418 e. The highest BCUT2D eigenvalue weighted by Crippen LogP contribution is 2.34. The normalized spacial score (nSPS) is 11.2. The number of anilines is 2. The number of carbonyl (C=O) groups excluding carboxylic acids is 1. The molecule has 1 aromatic heterocycles. The second kappa shape index (κ2) is 8.52. The first kappa shape index (κ1) is 20.7. The van der Waals surface area contributed by atoms with Gasteiger partial charge in [-0.15, -0.1) is 0 Å². The largest absolute Gasteiger partial charge is 0.418 e. The van der Waals surface area contributed by atoms with Crippen molar-refractivity contribution in [3.63, 3.8) is 0 Å². The number of nitrogens with zero attached hydrogens (tertiary/aromatic N) is 1. The van der Waals surface area contributed by atoms with E-state index in [2.05, 4.69) is 26.6 Å². The molecule has 29 heavy (non-hydrogen) atoms. The van der Waals surface area contributed by atoms with Crippen molar-refractivity contribution in [2.45, 2.75) is 12.7 Å². The molecule has 9 heteroatoms. The number of hydrogen-bond donors (Lipinski definition) is 2. The molecule has 0 spiro atoms. The van der Waals surface area contributed by atoms with E-state index in [1.807, 2.05) is 24.3 Å². The standard InChI is InChI=1S/C20H15BrF3N3O2/c21-15-8-3-1-6-13(15)12-27-11-5-10-17(18(27)28)26-19(29)25-16-9-4-2-7-14(16)20(22,23)24/h1-11H,12H2,(H2,25,26,29). The van der Waals surface area contributed by atoms with Gasteiger partial charge in [-0.05, 0) is 35.9 Å². The molecule has 0 saturated carbocycles. The molecule has 2 N–H and O–H groups in total. The summed E-state index contributed by atoms with van der Waals surface area (Å²) < 4.78 is 41.4. The van der Waals surface area contributed by atoms with Crippen molar-refractivity contribution in [3.05, 3.63) is 92.8 Å². The number of urea groups is 1. The fourth-order valence-electron chi connectivity index (χ4n) is 2.68. The second-order valence-corrected chi connectivity index (χ2v) is 6.92. The van der Waals surface area contributed by atoms with Gasteiger partial charge in [0.05, 0.1) is 17.8 Å². The summed E-state index contributed by atoms with van der Waals surface area (Å²) >= 11 is 3.41. The van der Waals surface area contributed by atoms with Gasteiger partial charge in [-0.3, -0.25) is 4.79 Å². The number of amides is 2. The Morgan fingerprint density at radius 1 is 0.931 bits per heavy atom. The lowest BCUT2D eigenvalue weighted by molar-refractivity contribution is -0.136.